The van der Waals surface area contributed by atoms with Crippen LogP contribution in [0.2, 0.25) is 0 Å². The van der Waals surface area contributed by atoms with Gasteiger partial charge >= 0.3 is 5.97 Å². The number of carbonyl (C=O) groups excluding carboxylic acids is 1. The minimum absolute atomic E-state index is 0.0496. The van der Waals surface area contributed by atoms with Crippen molar-refractivity contribution in [2.75, 3.05) is 19.8 Å². The maximum Gasteiger partial charge on any atom is 0.311 e. The van der Waals surface area contributed by atoms with Crippen LogP contribution in [-0.2, 0) is 9.53 Å². The number of hydrogen-bond acceptors (Lipinski definition) is 5. The summed E-state index contributed by atoms with van der Waals surface area (Å²) in [5.41, 5.74) is 0.987. The Morgan fingerprint density at radius 3 is 2.78 bits per heavy atom. The van der Waals surface area contributed by atoms with E-state index in [4.69, 9.17) is 9.15 Å². The van der Waals surface area contributed by atoms with E-state index in [9.17, 15) is 14.7 Å². The predicted molar refractivity (Wildman–Crippen MR) is 81.2 cm³/mol. The molecule has 0 bridgehead atoms. The summed E-state index contributed by atoms with van der Waals surface area (Å²) in [5.74, 6) is -1.22. The molecule has 2 N–H and O–H groups in total. The second-order valence-electron chi connectivity index (χ2n) is 5.83. The van der Waals surface area contributed by atoms with Gasteiger partial charge in [0.2, 0.25) is 0 Å². The minimum Gasteiger partial charge on any atom is -0.481 e. The first-order valence-electron chi connectivity index (χ1n) is 7.47. The van der Waals surface area contributed by atoms with Gasteiger partial charge in [-0.05, 0) is 31.9 Å². The Hall–Kier alpha value is -2.41. The molecule has 7 heteroatoms. The highest BCUT2D eigenvalue weighted by Gasteiger charge is 2.40. The Kier molecular flexibility index (Phi) is 4.04. The molecule has 7 nitrogen and oxygen atoms in total. The SMILES string of the molecule is Cc1ccc2oc(C(=O)NCC3(C(=O)O)CCOCC3)cc2n1. The summed E-state index contributed by atoms with van der Waals surface area (Å²) < 4.78 is 10.7. The average Bonchev–Trinajstić information content (AvgIpc) is 2.96. The number of aryl methyl sites for hydroxylation is 1. The standard InChI is InChI=1S/C16H18N2O5/c1-10-2-3-12-11(18-10)8-13(23-12)14(19)17-9-16(15(20)21)4-6-22-7-5-16/h2-3,8H,4-7,9H2,1H3,(H,17,19)(H,20,21). The lowest BCUT2D eigenvalue weighted by molar-refractivity contribution is -0.154. The number of aromatic nitrogens is 1. The molecular formula is C16H18N2O5. The molecule has 0 saturated carbocycles. The minimum atomic E-state index is -0.977. The predicted octanol–water partition coefficient (Wildman–Crippen LogP) is 1.75. The van der Waals surface area contributed by atoms with E-state index >= 15 is 0 Å². The fourth-order valence-corrected chi connectivity index (χ4v) is 2.70. The van der Waals surface area contributed by atoms with Crippen molar-refractivity contribution in [1.29, 1.82) is 0 Å². The monoisotopic (exact) mass is 318 g/mol. The normalized spacial score (nSPS) is 17.1. The Bertz CT molecular complexity index is 746. The van der Waals surface area contributed by atoms with E-state index in [1.807, 2.05) is 6.92 Å². The van der Waals surface area contributed by atoms with E-state index in [-0.39, 0.29) is 12.3 Å². The van der Waals surface area contributed by atoms with Gasteiger partial charge in [0.25, 0.3) is 5.91 Å². The molecular weight excluding hydrogens is 300 g/mol. The quantitative estimate of drug-likeness (QED) is 0.890. The van der Waals surface area contributed by atoms with Crippen LogP contribution in [0.5, 0.6) is 0 Å². The first kappa shape index (κ1) is 15.5. The van der Waals surface area contributed by atoms with Crippen LogP contribution in [0, 0.1) is 12.3 Å². The summed E-state index contributed by atoms with van der Waals surface area (Å²) in [7, 11) is 0. The lowest BCUT2D eigenvalue weighted by atomic mass is 9.80. The summed E-state index contributed by atoms with van der Waals surface area (Å²) in [6.07, 6.45) is 0.757. The first-order chi connectivity index (χ1) is 11.0. The van der Waals surface area contributed by atoms with Gasteiger partial charge < -0.3 is 19.6 Å². The molecule has 0 aliphatic carbocycles. The number of furan rings is 1. The highest BCUT2D eigenvalue weighted by atomic mass is 16.5. The zero-order valence-corrected chi connectivity index (χ0v) is 12.8. The molecule has 1 aliphatic heterocycles. The highest BCUT2D eigenvalue weighted by molar-refractivity contribution is 5.95. The maximum atomic E-state index is 12.2. The third kappa shape index (κ3) is 3.05. The highest BCUT2D eigenvalue weighted by Crippen LogP contribution is 2.30. The summed E-state index contributed by atoms with van der Waals surface area (Å²) in [5, 5.41) is 12.1. The molecule has 3 heterocycles. The molecule has 1 saturated heterocycles. The van der Waals surface area contributed by atoms with E-state index in [1.54, 1.807) is 18.2 Å². The van der Waals surface area contributed by atoms with E-state index in [1.165, 1.54) is 0 Å². The topological polar surface area (TPSA) is 102 Å². The maximum absolute atomic E-state index is 12.2. The number of carbonyl (C=O) groups is 2. The number of nitrogens with zero attached hydrogens (tertiary/aromatic N) is 1. The molecule has 122 valence electrons. The molecule has 0 unspecified atom stereocenters. The Balaban J connectivity index is 1.73. The molecule has 1 aliphatic rings. The Labute approximate surface area is 132 Å². The van der Waals surface area contributed by atoms with Crippen LogP contribution in [0.15, 0.2) is 22.6 Å². The molecule has 1 amide bonds. The summed E-state index contributed by atoms with van der Waals surface area (Å²) in [6, 6.07) is 5.12. The summed E-state index contributed by atoms with van der Waals surface area (Å²) in [4.78, 5) is 28.1. The molecule has 0 aromatic carbocycles. The molecule has 2 aromatic heterocycles. The first-order valence-corrected chi connectivity index (χ1v) is 7.47. The van der Waals surface area contributed by atoms with Crippen molar-refractivity contribution >= 4 is 23.0 Å². The number of nitrogens with one attached hydrogen (secondary N) is 1. The molecule has 2 aromatic rings. The molecule has 3 rings (SSSR count). The summed E-state index contributed by atoms with van der Waals surface area (Å²) in [6.45, 7) is 2.67. The van der Waals surface area contributed by atoms with E-state index < -0.39 is 17.3 Å². The number of pyridine rings is 1. The fourth-order valence-electron chi connectivity index (χ4n) is 2.70. The fraction of sp³-hybridized carbons (Fsp3) is 0.438. The number of ether oxygens (including phenoxy) is 1. The van der Waals surface area contributed by atoms with Crippen molar-refractivity contribution in [1.82, 2.24) is 10.3 Å². The van der Waals surface area contributed by atoms with Crippen molar-refractivity contribution in [3.63, 3.8) is 0 Å². The van der Waals surface area contributed by atoms with Gasteiger partial charge in [0.15, 0.2) is 11.3 Å². The second kappa shape index (κ2) is 6.00. The largest absolute Gasteiger partial charge is 0.481 e. The van der Waals surface area contributed by atoms with Crippen LogP contribution in [-0.4, -0.2) is 41.7 Å². The summed E-state index contributed by atoms with van der Waals surface area (Å²) >= 11 is 0. The van der Waals surface area contributed by atoms with Gasteiger partial charge in [0.1, 0.15) is 5.52 Å². The van der Waals surface area contributed by atoms with E-state index in [0.717, 1.165) is 5.69 Å². The lowest BCUT2D eigenvalue weighted by Gasteiger charge is -2.32. The molecule has 23 heavy (non-hydrogen) atoms. The smallest absolute Gasteiger partial charge is 0.311 e. The zero-order valence-electron chi connectivity index (χ0n) is 12.8. The van der Waals surface area contributed by atoms with Crippen molar-refractivity contribution in [2.45, 2.75) is 19.8 Å². The number of amides is 1. The number of aliphatic carboxylic acids is 1. The third-order valence-electron chi connectivity index (χ3n) is 4.23. The number of carboxylic acid groups (broad SMARTS) is 1. The van der Waals surface area contributed by atoms with Crippen molar-refractivity contribution in [2.24, 2.45) is 5.41 Å². The number of carboxylic acids is 1. The number of rotatable bonds is 4. The second-order valence-corrected chi connectivity index (χ2v) is 5.83. The molecule has 0 radical (unpaired) electrons. The zero-order chi connectivity index (χ0) is 16.4. The van der Waals surface area contributed by atoms with Gasteiger partial charge in [0.05, 0.1) is 5.41 Å². The van der Waals surface area contributed by atoms with Gasteiger partial charge in [-0.25, -0.2) is 4.98 Å². The average molecular weight is 318 g/mol. The van der Waals surface area contributed by atoms with Crippen molar-refractivity contribution < 1.29 is 23.8 Å². The van der Waals surface area contributed by atoms with E-state index in [0.29, 0.717) is 37.2 Å². The van der Waals surface area contributed by atoms with Crippen molar-refractivity contribution in [3.05, 3.63) is 29.7 Å². The van der Waals surface area contributed by atoms with Gasteiger partial charge in [0, 0.05) is 31.5 Å². The van der Waals surface area contributed by atoms with E-state index in [2.05, 4.69) is 10.3 Å². The van der Waals surface area contributed by atoms with Gasteiger partial charge in [-0.2, -0.15) is 0 Å². The Morgan fingerprint density at radius 1 is 1.35 bits per heavy atom. The van der Waals surface area contributed by atoms with Crippen LogP contribution >= 0.6 is 0 Å². The van der Waals surface area contributed by atoms with Gasteiger partial charge in [-0.3, -0.25) is 9.59 Å². The number of hydrogen-bond donors (Lipinski definition) is 2. The molecule has 0 spiro atoms. The van der Waals surface area contributed by atoms with Gasteiger partial charge in [-0.1, -0.05) is 0 Å². The molecule has 1 fully saturated rings. The Morgan fingerprint density at radius 2 is 2.09 bits per heavy atom. The van der Waals surface area contributed by atoms with Crippen LogP contribution < -0.4 is 5.32 Å². The lowest BCUT2D eigenvalue weighted by Crippen LogP contribution is -2.46. The van der Waals surface area contributed by atoms with Crippen LogP contribution in [0.3, 0.4) is 0 Å². The van der Waals surface area contributed by atoms with Crippen LogP contribution in [0.25, 0.3) is 11.1 Å². The van der Waals surface area contributed by atoms with Crippen LogP contribution in [0.4, 0.5) is 0 Å². The van der Waals surface area contributed by atoms with Crippen LogP contribution in [0.1, 0.15) is 29.1 Å². The van der Waals surface area contributed by atoms with Gasteiger partial charge in [-0.15, -0.1) is 0 Å². The number of fused-ring (bicyclic) bond motifs is 1. The molecule has 0 atom stereocenters. The van der Waals surface area contributed by atoms with Crippen molar-refractivity contribution in [3.8, 4) is 0 Å². The third-order valence-corrected chi connectivity index (χ3v) is 4.23.